The van der Waals surface area contributed by atoms with Crippen molar-refractivity contribution >= 4 is 21.5 Å². The average Bonchev–Trinajstić information content (AvgIpc) is 3.17. The number of ether oxygens (including phenoxy) is 1. The number of fused-ring (bicyclic) bond motifs is 1. The summed E-state index contributed by atoms with van der Waals surface area (Å²) in [5.41, 5.74) is 3.80. The van der Waals surface area contributed by atoms with Gasteiger partial charge in [0.25, 0.3) is 5.91 Å². The van der Waals surface area contributed by atoms with E-state index in [0.717, 1.165) is 41.5 Å². The van der Waals surface area contributed by atoms with Crippen LogP contribution in [0.25, 0.3) is 0 Å². The van der Waals surface area contributed by atoms with E-state index in [0.29, 0.717) is 18.4 Å². The Morgan fingerprint density at radius 2 is 2.00 bits per heavy atom. The lowest BCUT2D eigenvalue weighted by molar-refractivity contribution is 0.101. The van der Waals surface area contributed by atoms with E-state index in [1.54, 1.807) is 31.0 Å². The van der Waals surface area contributed by atoms with E-state index in [4.69, 9.17) is 14.8 Å². The maximum absolute atomic E-state index is 13.7. The van der Waals surface area contributed by atoms with E-state index in [-0.39, 0.29) is 21.8 Å². The van der Waals surface area contributed by atoms with Gasteiger partial charge in [0, 0.05) is 30.2 Å². The van der Waals surface area contributed by atoms with E-state index in [1.165, 1.54) is 12.1 Å². The summed E-state index contributed by atoms with van der Waals surface area (Å²) in [5.74, 6) is -0.367. The Morgan fingerprint density at radius 1 is 1.27 bits per heavy atom. The summed E-state index contributed by atoms with van der Waals surface area (Å²) in [6, 6.07) is 13.3. The fourth-order valence-corrected chi connectivity index (χ4v) is 6.00. The Bertz CT molecular complexity index is 1530. The molecule has 3 aromatic rings. The summed E-state index contributed by atoms with van der Waals surface area (Å²) in [7, 11) is -0.128. The van der Waals surface area contributed by atoms with Gasteiger partial charge in [-0.15, -0.1) is 0 Å². The van der Waals surface area contributed by atoms with Crippen LogP contribution in [-0.4, -0.2) is 21.8 Å². The monoisotopic (exact) mass is 521 g/mol. The van der Waals surface area contributed by atoms with Crippen LogP contribution in [0.4, 0.5) is 10.1 Å². The number of anilines is 1. The molecular formula is C27H28FN5O3S. The lowest BCUT2D eigenvalue weighted by Crippen LogP contribution is -2.21. The van der Waals surface area contributed by atoms with Crippen molar-refractivity contribution in [1.29, 1.82) is 10.0 Å². The van der Waals surface area contributed by atoms with Crippen LogP contribution in [-0.2, 0) is 29.8 Å². The molecule has 1 aliphatic heterocycles. The SMILES string of the molecule is COc1ccc(CC/C(C)=C2/CCc3c(cn(C)c3C(=O)Nc3ccc(F)c(C#N)c3)S(=N)(=O)N2)cc1. The van der Waals surface area contributed by atoms with E-state index < -0.39 is 21.6 Å². The highest BCUT2D eigenvalue weighted by molar-refractivity contribution is 7.90. The number of rotatable bonds is 6. The number of carbonyl (C=O) groups is 1. The molecule has 4 rings (SSSR count). The second kappa shape index (κ2) is 10.5. The predicted molar refractivity (Wildman–Crippen MR) is 139 cm³/mol. The third-order valence-electron chi connectivity index (χ3n) is 6.47. The van der Waals surface area contributed by atoms with Crippen LogP contribution in [0.1, 0.15) is 46.9 Å². The number of methoxy groups -OCH3 is 1. The Labute approximate surface area is 215 Å². The fourth-order valence-electron chi connectivity index (χ4n) is 4.42. The molecule has 3 N–H and O–H groups in total. The van der Waals surface area contributed by atoms with Gasteiger partial charge < -0.3 is 14.6 Å². The number of nitriles is 1. The summed E-state index contributed by atoms with van der Waals surface area (Å²) in [6.07, 6.45) is 3.97. The van der Waals surface area contributed by atoms with Crippen LogP contribution in [0.15, 0.2) is 64.8 Å². The van der Waals surface area contributed by atoms with Crippen molar-refractivity contribution in [2.24, 2.45) is 7.05 Å². The van der Waals surface area contributed by atoms with E-state index in [2.05, 4.69) is 10.0 Å². The molecule has 37 heavy (non-hydrogen) atoms. The molecule has 0 aliphatic carbocycles. The summed E-state index contributed by atoms with van der Waals surface area (Å²) >= 11 is 0. The molecule has 192 valence electrons. The minimum absolute atomic E-state index is 0.179. The maximum Gasteiger partial charge on any atom is 0.272 e. The van der Waals surface area contributed by atoms with Gasteiger partial charge in [0.1, 0.15) is 23.3 Å². The molecule has 1 aromatic heterocycles. The van der Waals surface area contributed by atoms with Gasteiger partial charge in [-0.2, -0.15) is 5.26 Å². The molecule has 8 nitrogen and oxygen atoms in total. The zero-order valence-corrected chi connectivity index (χ0v) is 21.7. The summed E-state index contributed by atoms with van der Waals surface area (Å²) in [5, 5.41) is 11.8. The normalized spacial score (nSPS) is 18.1. The molecular weight excluding hydrogens is 493 g/mol. The van der Waals surface area contributed by atoms with Crippen LogP contribution in [0.5, 0.6) is 5.75 Å². The van der Waals surface area contributed by atoms with Crippen LogP contribution in [0, 0.1) is 21.9 Å². The molecule has 0 saturated carbocycles. The summed E-state index contributed by atoms with van der Waals surface area (Å²) in [4.78, 5) is 13.5. The molecule has 10 heteroatoms. The van der Waals surface area contributed by atoms with Gasteiger partial charge in [0.05, 0.1) is 17.6 Å². The number of amides is 1. The topological polar surface area (TPSA) is 120 Å². The van der Waals surface area contributed by atoms with Gasteiger partial charge in [-0.3, -0.25) is 9.52 Å². The van der Waals surface area contributed by atoms with Crippen molar-refractivity contribution in [2.75, 3.05) is 12.4 Å². The van der Waals surface area contributed by atoms with Gasteiger partial charge in [0.2, 0.25) is 0 Å². The van der Waals surface area contributed by atoms with Crippen molar-refractivity contribution in [3.63, 3.8) is 0 Å². The van der Waals surface area contributed by atoms with Crippen LogP contribution >= 0.6 is 0 Å². The average molecular weight is 522 g/mol. The number of nitrogens with one attached hydrogen (secondary N) is 3. The Kier molecular flexibility index (Phi) is 7.36. The maximum atomic E-state index is 13.7. The molecule has 1 amide bonds. The molecule has 1 atom stereocenters. The fraction of sp³-hybridized carbons (Fsp3) is 0.259. The molecule has 0 radical (unpaired) electrons. The highest BCUT2D eigenvalue weighted by Gasteiger charge is 2.29. The van der Waals surface area contributed by atoms with Crippen molar-refractivity contribution in [3.05, 3.63) is 88.1 Å². The molecule has 1 unspecified atom stereocenters. The second-order valence-electron chi connectivity index (χ2n) is 8.96. The smallest absolute Gasteiger partial charge is 0.272 e. The van der Waals surface area contributed by atoms with Crippen LogP contribution < -0.4 is 14.8 Å². The number of aromatic nitrogens is 1. The van der Waals surface area contributed by atoms with Crippen molar-refractivity contribution < 1.29 is 18.1 Å². The van der Waals surface area contributed by atoms with Crippen LogP contribution in [0.2, 0.25) is 0 Å². The van der Waals surface area contributed by atoms with Gasteiger partial charge in [-0.1, -0.05) is 17.7 Å². The number of carbonyl (C=O) groups excluding carboxylic acids is 1. The van der Waals surface area contributed by atoms with Crippen molar-refractivity contribution in [1.82, 2.24) is 9.29 Å². The third-order valence-corrected chi connectivity index (χ3v) is 7.98. The van der Waals surface area contributed by atoms with E-state index >= 15 is 0 Å². The number of allylic oxidation sites excluding steroid dienone is 2. The largest absolute Gasteiger partial charge is 0.497 e. The van der Waals surface area contributed by atoms with Crippen LogP contribution in [0.3, 0.4) is 0 Å². The first-order valence-electron chi connectivity index (χ1n) is 11.7. The number of benzene rings is 2. The number of halogens is 1. The molecule has 1 aliphatic rings. The second-order valence-corrected chi connectivity index (χ2v) is 10.7. The Morgan fingerprint density at radius 3 is 2.68 bits per heavy atom. The minimum Gasteiger partial charge on any atom is -0.497 e. The first kappa shape index (κ1) is 26.0. The highest BCUT2D eigenvalue weighted by atomic mass is 32.2. The molecule has 2 aromatic carbocycles. The van der Waals surface area contributed by atoms with Crippen molar-refractivity contribution in [2.45, 2.75) is 37.5 Å². The minimum atomic E-state index is -3.41. The lowest BCUT2D eigenvalue weighted by Gasteiger charge is -2.14. The molecule has 0 bridgehead atoms. The number of aryl methyl sites for hydroxylation is 2. The summed E-state index contributed by atoms with van der Waals surface area (Å²) in [6.45, 7) is 1.96. The number of hydrogen-bond donors (Lipinski definition) is 3. The van der Waals surface area contributed by atoms with Gasteiger partial charge in [-0.05, 0) is 68.5 Å². The lowest BCUT2D eigenvalue weighted by atomic mass is 10.0. The Hall–Kier alpha value is -4.10. The van der Waals surface area contributed by atoms with Gasteiger partial charge in [0.15, 0.2) is 9.92 Å². The molecule has 0 spiro atoms. The van der Waals surface area contributed by atoms with Crippen molar-refractivity contribution in [3.8, 4) is 11.8 Å². The van der Waals surface area contributed by atoms with E-state index in [1.807, 2.05) is 31.2 Å². The first-order valence-corrected chi connectivity index (χ1v) is 13.3. The first-order chi connectivity index (χ1) is 17.6. The Balaban J connectivity index is 1.57. The quantitative estimate of drug-likeness (QED) is 0.420. The molecule has 2 heterocycles. The van der Waals surface area contributed by atoms with E-state index in [9.17, 15) is 13.4 Å². The zero-order valence-electron chi connectivity index (χ0n) is 20.9. The van der Waals surface area contributed by atoms with Gasteiger partial charge in [-0.25, -0.2) is 13.4 Å². The number of hydrogen-bond acceptors (Lipinski definition) is 5. The predicted octanol–water partition coefficient (Wildman–Crippen LogP) is 5.06. The van der Waals surface area contributed by atoms with Gasteiger partial charge >= 0.3 is 0 Å². The molecule has 0 fully saturated rings. The standard InChI is InChI=1S/C27H28FN5O3S/c1-17(4-5-18-6-9-21(36-3)10-7-18)24-13-11-22-25(37(30,35)32-24)16-33(2)26(22)27(34)31-20-8-12-23(28)19(14-20)15-29/h6-10,12,14,16H,4-5,11,13H2,1-3H3,(H,31,34)(H2,30,32,35)/b24-17-. The molecule has 0 saturated heterocycles. The number of nitrogens with zero attached hydrogens (tertiary/aromatic N) is 2. The third kappa shape index (κ3) is 5.52. The highest BCUT2D eigenvalue weighted by Crippen LogP contribution is 2.31. The zero-order chi connectivity index (χ0) is 26.7. The summed E-state index contributed by atoms with van der Waals surface area (Å²) < 4.78 is 45.4.